The van der Waals surface area contributed by atoms with Crippen molar-refractivity contribution in [2.24, 2.45) is 0 Å². The Bertz CT molecular complexity index is 1410. The van der Waals surface area contributed by atoms with Gasteiger partial charge >= 0.3 is 37.9 Å². The molecule has 0 amide bonds. The summed E-state index contributed by atoms with van der Waals surface area (Å²) >= 11 is -0.826. The second-order valence-electron chi connectivity index (χ2n) is 16.5. The normalized spacial score (nSPS) is 19.9. The van der Waals surface area contributed by atoms with Gasteiger partial charge in [-0.1, -0.05) is 130 Å². The maximum atomic E-state index is 4.93. The molecule has 0 heterocycles. The Hall–Kier alpha value is -0.0169. The minimum atomic E-state index is -0.826. The molecule has 0 aromatic heterocycles. The molecular formula is C46H64Cl2P2Zr. The minimum absolute atomic E-state index is 0.0363. The van der Waals surface area contributed by atoms with E-state index in [1.54, 1.807) is 10.6 Å². The zero-order chi connectivity index (χ0) is 35.7. The number of hydrogen-bond donors (Lipinski definition) is 0. The summed E-state index contributed by atoms with van der Waals surface area (Å²) in [5.74, 6) is 0. The number of halogens is 2. The first-order chi connectivity index (χ1) is 24.9. The van der Waals surface area contributed by atoms with E-state index in [1.165, 1.54) is 172 Å². The van der Waals surface area contributed by atoms with E-state index in [1.807, 2.05) is 0 Å². The number of benzene rings is 2. The first-order valence-electron chi connectivity index (χ1n) is 20.8. The van der Waals surface area contributed by atoms with E-state index in [2.05, 4.69) is 76.2 Å². The Morgan fingerprint density at radius 3 is 0.961 bits per heavy atom. The van der Waals surface area contributed by atoms with E-state index in [0.29, 0.717) is 0 Å². The molecule has 4 aliphatic rings. The monoisotopic (exact) mass is 838 g/mol. The van der Waals surface area contributed by atoms with Gasteiger partial charge in [0.05, 0.1) is 0 Å². The van der Waals surface area contributed by atoms with Gasteiger partial charge in [0.15, 0.2) is 0 Å². The summed E-state index contributed by atoms with van der Waals surface area (Å²) in [6.45, 7) is 9.15. The predicted octanol–water partition coefficient (Wildman–Crippen LogP) is 15.3. The standard InChI is InChI=1S/2C23H32P.2ClH.Zr/c2*1-17-13-14-18(2)23-16-21(15-22(17)23)24(19-9-5-3-6-10-19)20-11-7-4-8-12-20;;;/h2*13-16,19-20H,3-12H2,1-2H3;2*1H;/q2*-1;;;+4/p-2. The van der Waals surface area contributed by atoms with Crippen LogP contribution in [0.2, 0.25) is 0 Å². The average Bonchev–Trinajstić information content (AvgIpc) is 3.82. The summed E-state index contributed by atoms with van der Waals surface area (Å²) in [4.78, 5) is 0. The van der Waals surface area contributed by atoms with Crippen LogP contribution in [0.4, 0.5) is 0 Å². The first-order valence-corrected chi connectivity index (χ1v) is 30.0. The quantitative estimate of drug-likeness (QED) is 0.134. The van der Waals surface area contributed by atoms with Crippen LogP contribution in [0.25, 0.3) is 21.5 Å². The second-order valence-corrected chi connectivity index (χ2v) is 25.8. The molecule has 4 aliphatic carbocycles. The average molecular weight is 841 g/mol. The zero-order valence-electron chi connectivity index (χ0n) is 32.2. The molecule has 5 heteroatoms. The van der Waals surface area contributed by atoms with E-state index in [-0.39, 0.29) is 15.8 Å². The van der Waals surface area contributed by atoms with Crippen LogP contribution < -0.4 is 10.6 Å². The molecular weight excluding hydrogens is 777 g/mol. The fourth-order valence-electron chi connectivity index (χ4n) is 10.3. The van der Waals surface area contributed by atoms with Gasteiger partial charge in [0, 0.05) is 0 Å². The molecule has 4 fully saturated rings. The molecule has 8 rings (SSSR count). The van der Waals surface area contributed by atoms with Gasteiger partial charge in [-0.25, -0.2) is 0 Å². The maximum absolute atomic E-state index is 4.93. The molecule has 0 nitrogen and oxygen atoms in total. The number of aryl methyl sites for hydroxylation is 4. The molecule has 0 saturated heterocycles. The van der Waals surface area contributed by atoms with E-state index in [9.17, 15) is 0 Å². The molecule has 4 saturated carbocycles. The van der Waals surface area contributed by atoms with Crippen LogP contribution in [0, 0.1) is 27.7 Å². The summed E-state index contributed by atoms with van der Waals surface area (Å²) < 4.78 is 0. The van der Waals surface area contributed by atoms with E-state index in [0.717, 1.165) is 22.6 Å². The molecule has 0 aliphatic heterocycles. The van der Waals surface area contributed by atoms with Gasteiger partial charge in [-0.05, 0) is 87.9 Å². The third-order valence-corrected chi connectivity index (χ3v) is 20.0. The Balaban J connectivity index is 0.000000163. The van der Waals surface area contributed by atoms with Crippen molar-refractivity contribution in [1.29, 1.82) is 0 Å². The predicted molar refractivity (Wildman–Crippen MR) is 230 cm³/mol. The van der Waals surface area contributed by atoms with E-state index < -0.39 is 20.8 Å². The van der Waals surface area contributed by atoms with Gasteiger partial charge in [0.2, 0.25) is 0 Å². The zero-order valence-corrected chi connectivity index (χ0v) is 38.0. The van der Waals surface area contributed by atoms with Crippen molar-refractivity contribution in [2.75, 3.05) is 0 Å². The van der Waals surface area contributed by atoms with Crippen molar-refractivity contribution in [3.05, 3.63) is 70.8 Å². The van der Waals surface area contributed by atoms with Crippen LogP contribution >= 0.6 is 32.9 Å². The van der Waals surface area contributed by atoms with Crippen LogP contribution in [0.15, 0.2) is 48.5 Å². The molecule has 4 aromatic carbocycles. The number of hydrogen-bond acceptors (Lipinski definition) is 0. The number of fused-ring (bicyclic) bond motifs is 2. The molecule has 4 aromatic rings. The molecule has 0 atom stereocenters. The second kappa shape index (κ2) is 20.2. The summed E-state index contributed by atoms with van der Waals surface area (Å²) in [6.07, 6.45) is 29.8. The number of rotatable bonds is 6. The van der Waals surface area contributed by atoms with Crippen LogP contribution in [0.5, 0.6) is 0 Å². The van der Waals surface area contributed by atoms with Crippen LogP contribution in [-0.4, -0.2) is 22.6 Å². The van der Waals surface area contributed by atoms with Gasteiger partial charge in [0.1, 0.15) is 0 Å². The van der Waals surface area contributed by atoms with Gasteiger partial charge in [-0.2, -0.15) is 12.1 Å². The van der Waals surface area contributed by atoms with Crippen molar-refractivity contribution < 1.29 is 20.8 Å². The third kappa shape index (κ3) is 10.2. The Morgan fingerprint density at radius 2 is 0.706 bits per heavy atom. The Morgan fingerprint density at radius 1 is 0.451 bits per heavy atom. The van der Waals surface area contributed by atoms with Crippen molar-refractivity contribution in [1.82, 2.24) is 0 Å². The van der Waals surface area contributed by atoms with Crippen molar-refractivity contribution in [3.8, 4) is 0 Å². The first kappa shape index (κ1) is 40.6. The van der Waals surface area contributed by atoms with Crippen molar-refractivity contribution in [3.63, 3.8) is 0 Å². The van der Waals surface area contributed by atoms with Gasteiger partial charge < -0.3 is 0 Å². The van der Waals surface area contributed by atoms with Crippen molar-refractivity contribution in [2.45, 2.75) is 179 Å². The van der Waals surface area contributed by atoms with Crippen LogP contribution in [0.1, 0.15) is 151 Å². The molecule has 51 heavy (non-hydrogen) atoms. The van der Waals surface area contributed by atoms with E-state index >= 15 is 0 Å². The molecule has 0 bridgehead atoms. The summed E-state index contributed by atoms with van der Waals surface area (Å²) in [5, 5.41) is 9.62. The summed E-state index contributed by atoms with van der Waals surface area (Å²) in [5.41, 5.74) is 9.88. The summed E-state index contributed by atoms with van der Waals surface area (Å²) in [6, 6.07) is 19.7. The van der Waals surface area contributed by atoms with Gasteiger partial charge in [-0.15, -0.1) is 67.5 Å². The van der Waals surface area contributed by atoms with Crippen LogP contribution in [-0.2, 0) is 20.8 Å². The fourth-order valence-corrected chi connectivity index (χ4v) is 18.0. The SMILES string of the molecule is Cc1ccc(C)c2[cH-]c(P(C3CCCCC3)C3CCCCC3)cc12.Cc1ccc(C)c2[cH-]c(P(C3CCCCC3)C3CCCCC3)cc12.[Cl][Zr+2][Cl]. The molecule has 0 radical (unpaired) electrons. The van der Waals surface area contributed by atoms with Crippen molar-refractivity contribution >= 4 is 65.0 Å². The topological polar surface area (TPSA) is 0 Å². The molecule has 0 N–H and O–H groups in total. The molecule has 0 unspecified atom stereocenters. The fraction of sp³-hybridized carbons (Fsp3) is 0.609. The van der Waals surface area contributed by atoms with E-state index in [4.69, 9.17) is 17.0 Å². The summed E-state index contributed by atoms with van der Waals surface area (Å²) in [7, 11) is 9.94. The van der Waals surface area contributed by atoms with Gasteiger partial charge in [-0.3, -0.25) is 0 Å². The van der Waals surface area contributed by atoms with Gasteiger partial charge in [0.25, 0.3) is 0 Å². The third-order valence-electron chi connectivity index (χ3n) is 13.1. The van der Waals surface area contributed by atoms with Crippen LogP contribution in [0.3, 0.4) is 0 Å². The Labute approximate surface area is 332 Å². The molecule has 0 spiro atoms. The molecule has 276 valence electrons. The Kier molecular flexibility index (Phi) is 16.1.